The van der Waals surface area contributed by atoms with Crippen LogP contribution in [0.15, 0.2) is 36.4 Å². The summed E-state index contributed by atoms with van der Waals surface area (Å²) in [6.45, 7) is 7.74. The number of aryl methyl sites for hydroxylation is 1. The molecule has 12 heteroatoms. The summed E-state index contributed by atoms with van der Waals surface area (Å²) in [5, 5.41) is 15.3. The smallest absolute Gasteiger partial charge is 0.311 e. The minimum absolute atomic E-state index is 0.0666. The molecule has 1 saturated heterocycles. The van der Waals surface area contributed by atoms with Gasteiger partial charge in [-0.2, -0.15) is 5.10 Å². The lowest BCUT2D eigenvalue weighted by atomic mass is 9.96. The average Bonchev–Trinajstić information content (AvgIpc) is 3.38. The molecule has 2 amide bonds. The largest absolute Gasteiger partial charge is 0.396 e. The van der Waals surface area contributed by atoms with Gasteiger partial charge in [0.15, 0.2) is 0 Å². The van der Waals surface area contributed by atoms with Crippen molar-refractivity contribution < 1.29 is 24.2 Å². The van der Waals surface area contributed by atoms with E-state index in [1.807, 2.05) is 36.4 Å². The number of nitrogens with zero attached hydrogens (tertiary/aromatic N) is 4. The zero-order valence-electron chi connectivity index (χ0n) is 24.9. The molecule has 10 nitrogen and oxygen atoms in total. The Kier molecular flexibility index (Phi) is 10.9. The minimum atomic E-state index is -0.963. The van der Waals surface area contributed by atoms with E-state index in [1.165, 1.54) is 4.90 Å². The van der Waals surface area contributed by atoms with Crippen molar-refractivity contribution in [2.24, 2.45) is 5.73 Å². The molecule has 44 heavy (non-hydrogen) atoms. The number of rotatable bonds is 11. The van der Waals surface area contributed by atoms with Crippen LogP contribution in [-0.2, 0) is 45.2 Å². The fourth-order valence-electron chi connectivity index (χ4n) is 5.85. The van der Waals surface area contributed by atoms with E-state index in [0.717, 1.165) is 78.5 Å². The van der Waals surface area contributed by atoms with Crippen molar-refractivity contribution in [1.29, 1.82) is 0 Å². The third-order valence-corrected chi connectivity index (χ3v) is 8.95. The zero-order valence-corrected chi connectivity index (χ0v) is 26.4. The highest BCUT2D eigenvalue weighted by Gasteiger charge is 2.30. The second kappa shape index (κ2) is 14.9. The summed E-state index contributed by atoms with van der Waals surface area (Å²) in [7, 11) is 0. The number of ether oxygens (including phenoxy) is 2. The number of morpholine rings is 1. The quantitative estimate of drug-likeness (QED) is 0.240. The molecule has 0 aliphatic carbocycles. The number of carbonyl (C=O) groups is 2. The van der Waals surface area contributed by atoms with Crippen molar-refractivity contribution in [2.75, 3.05) is 46.1 Å². The highest BCUT2D eigenvalue weighted by molar-refractivity contribution is 6.34. The van der Waals surface area contributed by atoms with Crippen molar-refractivity contribution in [3.05, 3.63) is 63.3 Å². The van der Waals surface area contributed by atoms with Gasteiger partial charge in [0.05, 0.1) is 32.1 Å². The lowest BCUT2D eigenvalue weighted by Crippen LogP contribution is -2.44. The van der Waals surface area contributed by atoms with E-state index in [0.29, 0.717) is 48.7 Å². The third kappa shape index (κ3) is 7.44. The van der Waals surface area contributed by atoms with E-state index < -0.39 is 11.8 Å². The second-order valence-corrected chi connectivity index (χ2v) is 12.1. The number of amides is 2. The molecule has 2 aliphatic heterocycles. The molecule has 2 aromatic carbocycles. The number of primary amides is 1. The number of aliphatic hydroxyl groups is 1. The van der Waals surface area contributed by atoms with Crippen LogP contribution in [-0.4, -0.2) is 88.6 Å². The Morgan fingerprint density at radius 1 is 1.09 bits per heavy atom. The number of aliphatic hydroxyl groups excluding tert-OH is 1. The first kappa shape index (κ1) is 32.4. The van der Waals surface area contributed by atoms with Crippen LogP contribution in [0.4, 0.5) is 0 Å². The fourth-order valence-corrected chi connectivity index (χ4v) is 6.25. The van der Waals surface area contributed by atoms with Gasteiger partial charge in [-0.1, -0.05) is 35.3 Å². The Balaban J connectivity index is 1.45. The maximum atomic E-state index is 12.6. The Morgan fingerprint density at radius 3 is 2.66 bits per heavy atom. The molecule has 0 spiro atoms. The molecule has 1 fully saturated rings. The fraction of sp³-hybridized carbons (Fsp3) is 0.469. The van der Waals surface area contributed by atoms with Gasteiger partial charge in [0, 0.05) is 84.3 Å². The third-order valence-electron chi connectivity index (χ3n) is 8.25. The van der Waals surface area contributed by atoms with Crippen LogP contribution in [0.5, 0.6) is 0 Å². The summed E-state index contributed by atoms with van der Waals surface area (Å²) in [4.78, 5) is 28.2. The molecule has 1 aromatic heterocycles. The lowest BCUT2D eigenvalue weighted by Gasteiger charge is -2.33. The highest BCUT2D eigenvalue weighted by Crippen LogP contribution is 2.37. The Morgan fingerprint density at radius 2 is 1.89 bits per heavy atom. The molecular weight excluding hydrogens is 605 g/mol. The van der Waals surface area contributed by atoms with Crippen LogP contribution in [0.2, 0.25) is 10.0 Å². The van der Waals surface area contributed by atoms with Gasteiger partial charge in [-0.3, -0.25) is 19.2 Å². The zero-order chi connectivity index (χ0) is 31.2. The summed E-state index contributed by atoms with van der Waals surface area (Å²) in [6, 6.07) is 11.9. The highest BCUT2D eigenvalue weighted by atomic mass is 35.5. The second-order valence-electron chi connectivity index (χ2n) is 11.3. The summed E-state index contributed by atoms with van der Waals surface area (Å²) in [5.41, 5.74) is 11.4. The number of fused-ring (bicyclic) bond motifs is 1. The molecule has 0 bridgehead atoms. The Bertz CT molecular complexity index is 1500. The van der Waals surface area contributed by atoms with Crippen LogP contribution in [0.3, 0.4) is 0 Å². The summed E-state index contributed by atoms with van der Waals surface area (Å²) >= 11 is 13.2. The molecule has 5 rings (SSSR count). The van der Waals surface area contributed by atoms with Crippen LogP contribution in [0.25, 0.3) is 22.4 Å². The molecule has 2 aliphatic rings. The van der Waals surface area contributed by atoms with Crippen LogP contribution < -0.4 is 5.73 Å². The molecule has 3 heterocycles. The van der Waals surface area contributed by atoms with E-state index in [2.05, 4.69) is 16.5 Å². The molecule has 0 radical (unpaired) electrons. The van der Waals surface area contributed by atoms with Crippen molar-refractivity contribution in [3.8, 4) is 22.4 Å². The van der Waals surface area contributed by atoms with Gasteiger partial charge in [0.1, 0.15) is 0 Å². The first-order valence-corrected chi connectivity index (χ1v) is 15.8. The molecule has 3 N–H and O–H groups in total. The van der Waals surface area contributed by atoms with Gasteiger partial charge in [-0.15, -0.1) is 0 Å². The average molecular weight is 645 g/mol. The van der Waals surface area contributed by atoms with E-state index >= 15 is 0 Å². The standard InChI is InChI=1S/C32H39Cl2N5O5/c1-21-19-44-15-12-37(21)9-2-10-39-29-8-11-38(32(42)31(35)41)18-26(29)30(36-39)23-5-7-28(34)25(17-23)22-4-6-27(33)24(16-22)20-43-14-3-13-40/h4-7,16-17,21,40H,2-3,8-15,18-20H2,1H3,(H2,35,41)/t21-/m0/s1. The van der Waals surface area contributed by atoms with Crippen molar-refractivity contribution in [2.45, 2.75) is 51.9 Å². The van der Waals surface area contributed by atoms with Gasteiger partial charge >= 0.3 is 11.8 Å². The SMILES string of the molecule is C[C@H]1COCCN1CCCn1nc(-c2ccc(Cl)c(-c3ccc(Cl)c(COCCCO)c3)c2)c2c1CCN(C(=O)C(N)=O)C2. The summed E-state index contributed by atoms with van der Waals surface area (Å²) < 4.78 is 13.3. The van der Waals surface area contributed by atoms with Crippen molar-refractivity contribution in [3.63, 3.8) is 0 Å². The topological polar surface area (TPSA) is 123 Å². The summed E-state index contributed by atoms with van der Waals surface area (Å²) in [6.07, 6.45) is 2.05. The minimum Gasteiger partial charge on any atom is -0.396 e. The predicted molar refractivity (Wildman–Crippen MR) is 169 cm³/mol. The van der Waals surface area contributed by atoms with Gasteiger partial charge in [0.25, 0.3) is 0 Å². The lowest BCUT2D eigenvalue weighted by molar-refractivity contribution is -0.144. The predicted octanol–water partition coefficient (Wildman–Crippen LogP) is 3.90. The van der Waals surface area contributed by atoms with Gasteiger partial charge in [-0.05, 0) is 55.2 Å². The van der Waals surface area contributed by atoms with E-state index in [9.17, 15) is 9.59 Å². The van der Waals surface area contributed by atoms with Crippen molar-refractivity contribution >= 4 is 35.0 Å². The van der Waals surface area contributed by atoms with Crippen LogP contribution >= 0.6 is 23.2 Å². The molecule has 0 saturated carbocycles. The first-order valence-electron chi connectivity index (χ1n) is 15.0. The molecule has 3 aromatic rings. The van der Waals surface area contributed by atoms with Gasteiger partial charge < -0.3 is 25.2 Å². The maximum absolute atomic E-state index is 12.6. The number of nitrogens with two attached hydrogens (primary N) is 1. The number of hydrogen-bond donors (Lipinski definition) is 2. The molecular formula is C32H39Cl2N5O5. The van der Waals surface area contributed by atoms with Gasteiger partial charge in [-0.25, -0.2) is 0 Å². The van der Waals surface area contributed by atoms with Crippen molar-refractivity contribution in [1.82, 2.24) is 19.6 Å². The Hall–Kier alpha value is -2.99. The number of benzene rings is 2. The normalized spacial score (nSPS) is 17.1. The van der Waals surface area contributed by atoms with Crippen LogP contribution in [0, 0.1) is 0 Å². The number of carbonyl (C=O) groups excluding carboxylic acids is 2. The summed E-state index contributed by atoms with van der Waals surface area (Å²) in [5.74, 6) is -1.66. The number of halogens is 2. The first-order chi connectivity index (χ1) is 21.3. The van der Waals surface area contributed by atoms with E-state index in [-0.39, 0.29) is 13.2 Å². The van der Waals surface area contributed by atoms with E-state index in [4.69, 9.17) is 48.6 Å². The van der Waals surface area contributed by atoms with Gasteiger partial charge in [0.2, 0.25) is 0 Å². The monoisotopic (exact) mass is 643 g/mol. The molecule has 236 valence electrons. The maximum Gasteiger partial charge on any atom is 0.311 e. The molecule has 0 unspecified atom stereocenters. The van der Waals surface area contributed by atoms with Crippen LogP contribution in [0.1, 0.15) is 36.6 Å². The number of aromatic nitrogens is 2. The molecule has 1 atom stereocenters. The number of hydrogen-bond acceptors (Lipinski definition) is 7. The van der Waals surface area contributed by atoms with E-state index in [1.54, 1.807) is 0 Å². The Labute approximate surface area is 267 Å².